The SMILES string of the molecule is CC(C)CC(NC(=O)c1cc(Cl)ncc1Cl)C(=O)O. The average molecular weight is 305 g/mol. The summed E-state index contributed by atoms with van der Waals surface area (Å²) in [5, 5.41) is 11.7. The molecule has 0 aromatic carbocycles. The standard InChI is InChI=1S/C12H14Cl2N2O3/c1-6(2)3-9(12(18)19)16-11(17)7-4-10(14)15-5-8(7)13/h4-6,9H,3H2,1-2H3,(H,16,17)(H,18,19). The Morgan fingerprint density at radius 2 is 2.05 bits per heavy atom. The topological polar surface area (TPSA) is 79.3 Å². The van der Waals surface area contributed by atoms with Crippen LogP contribution in [0.3, 0.4) is 0 Å². The molecule has 0 saturated heterocycles. The number of carboxylic acids is 1. The molecule has 1 aromatic heterocycles. The van der Waals surface area contributed by atoms with Gasteiger partial charge in [0.25, 0.3) is 5.91 Å². The summed E-state index contributed by atoms with van der Waals surface area (Å²) in [6.45, 7) is 3.75. The van der Waals surface area contributed by atoms with Crippen molar-refractivity contribution in [2.45, 2.75) is 26.3 Å². The first kappa shape index (κ1) is 15.7. The van der Waals surface area contributed by atoms with Gasteiger partial charge >= 0.3 is 5.97 Å². The molecule has 1 amide bonds. The van der Waals surface area contributed by atoms with Crippen LogP contribution in [-0.4, -0.2) is 28.0 Å². The van der Waals surface area contributed by atoms with E-state index in [1.54, 1.807) is 0 Å². The molecule has 104 valence electrons. The number of aromatic nitrogens is 1. The van der Waals surface area contributed by atoms with E-state index >= 15 is 0 Å². The fraction of sp³-hybridized carbons (Fsp3) is 0.417. The number of nitrogens with zero attached hydrogens (tertiary/aromatic N) is 1. The van der Waals surface area contributed by atoms with Gasteiger partial charge < -0.3 is 10.4 Å². The maximum Gasteiger partial charge on any atom is 0.326 e. The molecule has 0 fully saturated rings. The molecular formula is C12H14Cl2N2O3. The first-order valence-corrected chi connectivity index (χ1v) is 6.41. The van der Waals surface area contributed by atoms with Gasteiger partial charge in [-0.2, -0.15) is 0 Å². The van der Waals surface area contributed by atoms with Crippen LogP contribution >= 0.6 is 23.2 Å². The molecule has 1 heterocycles. The monoisotopic (exact) mass is 304 g/mol. The fourth-order valence-electron chi connectivity index (χ4n) is 1.52. The minimum Gasteiger partial charge on any atom is -0.480 e. The molecule has 1 rings (SSSR count). The van der Waals surface area contributed by atoms with Crippen molar-refractivity contribution in [1.29, 1.82) is 0 Å². The molecule has 0 radical (unpaired) electrons. The minimum absolute atomic E-state index is 0.108. The van der Waals surface area contributed by atoms with Gasteiger partial charge in [0.1, 0.15) is 11.2 Å². The van der Waals surface area contributed by atoms with Crippen LogP contribution in [0, 0.1) is 5.92 Å². The second kappa shape index (κ2) is 6.73. The van der Waals surface area contributed by atoms with Crippen LogP contribution < -0.4 is 5.32 Å². The van der Waals surface area contributed by atoms with Gasteiger partial charge in [-0.3, -0.25) is 4.79 Å². The van der Waals surface area contributed by atoms with Crippen molar-refractivity contribution in [3.05, 3.63) is 28.0 Å². The number of hydrogen-bond donors (Lipinski definition) is 2. The van der Waals surface area contributed by atoms with Crippen molar-refractivity contribution in [3.63, 3.8) is 0 Å². The van der Waals surface area contributed by atoms with E-state index in [9.17, 15) is 9.59 Å². The predicted octanol–water partition coefficient (Wildman–Crippen LogP) is 2.62. The van der Waals surface area contributed by atoms with E-state index in [0.29, 0.717) is 6.42 Å². The summed E-state index contributed by atoms with van der Waals surface area (Å²) >= 11 is 11.5. The van der Waals surface area contributed by atoms with Gasteiger partial charge in [-0.15, -0.1) is 0 Å². The molecule has 2 N–H and O–H groups in total. The highest BCUT2D eigenvalue weighted by Gasteiger charge is 2.23. The van der Waals surface area contributed by atoms with Crippen LogP contribution in [0.4, 0.5) is 0 Å². The first-order chi connectivity index (χ1) is 8.81. The van der Waals surface area contributed by atoms with Crippen LogP contribution in [0.5, 0.6) is 0 Å². The highest BCUT2D eigenvalue weighted by molar-refractivity contribution is 6.35. The first-order valence-electron chi connectivity index (χ1n) is 5.66. The number of carbonyl (C=O) groups excluding carboxylic acids is 1. The third kappa shape index (κ3) is 4.69. The molecule has 0 aliphatic heterocycles. The van der Waals surface area contributed by atoms with Gasteiger partial charge in [0.05, 0.1) is 10.6 Å². The molecule has 0 saturated carbocycles. The van der Waals surface area contributed by atoms with Crippen molar-refractivity contribution in [3.8, 4) is 0 Å². The normalized spacial score (nSPS) is 12.3. The van der Waals surface area contributed by atoms with Crippen LogP contribution in [0.25, 0.3) is 0 Å². The predicted molar refractivity (Wildman–Crippen MR) is 72.6 cm³/mol. The number of hydrogen-bond acceptors (Lipinski definition) is 3. The van der Waals surface area contributed by atoms with E-state index in [-0.39, 0.29) is 21.7 Å². The number of carboxylic acid groups (broad SMARTS) is 1. The van der Waals surface area contributed by atoms with E-state index in [2.05, 4.69) is 10.3 Å². The summed E-state index contributed by atoms with van der Waals surface area (Å²) in [7, 11) is 0. The minimum atomic E-state index is -1.08. The molecule has 0 spiro atoms. The lowest BCUT2D eigenvalue weighted by Gasteiger charge is -2.16. The molecule has 0 aliphatic rings. The zero-order chi connectivity index (χ0) is 14.6. The molecule has 0 aliphatic carbocycles. The quantitative estimate of drug-likeness (QED) is 0.820. The molecule has 19 heavy (non-hydrogen) atoms. The van der Waals surface area contributed by atoms with Gasteiger partial charge in [0.15, 0.2) is 0 Å². The molecule has 1 unspecified atom stereocenters. The zero-order valence-electron chi connectivity index (χ0n) is 10.5. The second-order valence-electron chi connectivity index (χ2n) is 4.48. The summed E-state index contributed by atoms with van der Waals surface area (Å²) in [4.78, 5) is 26.8. The summed E-state index contributed by atoms with van der Waals surface area (Å²) in [5.74, 6) is -1.53. The molecule has 5 nitrogen and oxygen atoms in total. The Morgan fingerprint density at radius 1 is 1.42 bits per heavy atom. The van der Waals surface area contributed by atoms with E-state index in [1.807, 2.05) is 13.8 Å². The van der Waals surface area contributed by atoms with E-state index in [0.717, 1.165) is 0 Å². The van der Waals surface area contributed by atoms with Crippen molar-refractivity contribution in [2.75, 3.05) is 0 Å². The molecule has 1 aromatic rings. The maximum atomic E-state index is 12.0. The summed E-state index contributed by atoms with van der Waals surface area (Å²) in [5.41, 5.74) is 0.108. The lowest BCUT2D eigenvalue weighted by atomic mass is 10.0. The average Bonchev–Trinajstić information content (AvgIpc) is 2.30. The molecule has 0 bridgehead atoms. The Labute approximate surface area is 120 Å². The molecule has 1 atom stereocenters. The highest BCUT2D eigenvalue weighted by atomic mass is 35.5. The second-order valence-corrected chi connectivity index (χ2v) is 5.28. The number of carbonyl (C=O) groups is 2. The molecular weight excluding hydrogens is 291 g/mol. The largest absolute Gasteiger partial charge is 0.480 e. The van der Waals surface area contributed by atoms with Gasteiger partial charge in [0, 0.05) is 6.20 Å². The van der Waals surface area contributed by atoms with Crippen molar-refractivity contribution in [2.24, 2.45) is 5.92 Å². The van der Waals surface area contributed by atoms with E-state index < -0.39 is 17.9 Å². The number of rotatable bonds is 5. The summed E-state index contributed by atoms with van der Waals surface area (Å²) < 4.78 is 0. The third-order valence-corrected chi connectivity index (χ3v) is 2.89. The third-order valence-electron chi connectivity index (χ3n) is 2.38. The van der Waals surface area contributed by atoms with Crippen LogP contribution in [-0.2, 0) is 4.79 Å². The number of halogens is 2. The zero-order valence-corrected chi connectivity index (χ0v) is 12.0. The lowest BCUT2D eigenvalue weighted by molar-refractivity contribution is -0.139. The van der Waals surface area contributed by atoms with E-state index in [4.69, 9.17) is 28.3 Å². The fourth-order valence-corrected chi connectivity index (χ4v) is 1.86. The van der Waals surface area contributed by atoms with Gasteiger partial charge in [0.2, 0.25) is 0 Å². The smallest absolute Gasteiger partial charge is 0.326 e. The van der Waals surface area contributed by atoms with E-state index in [1.165, 1.54) is 12.3 Å². The van der Waals surface area contributed by atoms with Crippen molar-refractivity contribution < 1.29 is 14.7 Å². The maximum absolute atomic E-state index is 12.0. The summed E-state index contributed by atoms with van der Waals surface area (Å²) in [6, 6.07) is 0.337. The van der Waals surface area contributed by atoms with Crippen LogP contribution in [0.15, 0.2) is 12.3 Å². The van der Waals surface area contributed by atoms with Gasteiger partial charge in [-0.05, 0) is 18.4 Å². The van der Waals surface area contributed by atoms with Crippen molar-refractivity contribution >= 4 is 35.1 Å². The Hall–Kier alpha value is -1.33. The Bertz CT molecular complexity index is 492. The number of nitrogens with one attached hydrogen (secondary N) is 1. The Balaban J connectivity index is 2.87. The Kier molecular flexibility index (Phi) is 5.57. The Morgan fingerprint density at radius 3 is 2.58 bits per heavy atom. The number of aliphatic carboxylic acids is 1. The van der Waals surface area contributed by atoms with Gasteiger partial charge in [-0.1, -0.05) is 37.0 Å². The molecule has 7 heteroatoms. The van der Waals surface area contributed by atoms with Crippen LogP contribution in [0.1, 0.15) is 30.6 Å². The van der Waals surface area contributed by atoms with Crippen molar-refractivity contribution in [1.82, 2.24) is 10.3 Å². The summed E-state index contributed by atoms with van der Waals surface area (Å²) in [6.07, 6.45) is 1.58. The number of amides is 1. The van der Waals surface area contributed by atoms with Crippen LogP contribution in [0.2, 0.25) is 10.2 Å². The number of pyridine rings is 1. The van der Waals surface area contributed by atoms with Gasteiger partial charge in [-0.25, -0.2) is 9.78 Å². The lowest BCUT2D eigenvalue weighted by Crippen LogP contribution is -2.41. The highest BCUT2D eigenvalue weighted by Crippen LogP contribution is 2.18.